The first-order valence-electron chi connectivity index (χ1n) is 5.16. The van der Waals surface area contributed by atoms with Gasteiger partial charge in [0.15, 0.2) is 0 Å². The molecule has 0 aromatic heterocycles. The predicted molar refractivity (Wildman–Crippen MR) is 77.6 cm³/mol. The lowest BCUT2D eigenvalue weighted by atomic mass is 10.3. The standard InChI is InChI=1S/C6H12O2.C6H7P.BrH/c1-3-5-6(7)8-4-2;7-6-4-2-1-3-5-6;/h3-5H2,1-2H3;1-5H,7H2;1H. The van der Waals surface area contributed by atoms with Gasteiger partial charge in [0.2, 0.25) is 0 Å². The zero-order chi connectivity index (χ0) is 11.5. The van der Waals surface area contributed by atoms with E-state index in [0.717, 1.165) is 6.42 Å². The van der Waals surface area contributed by atoms with Crippen molar-refractivity contribution in [1.29, 1.82) is 0 Å². The average molecular weight is 307 g/mol. The zero-order valence-electron chi connectivity index (χ0n) is 9.81. The molecule has 1 rings (SSSR count). The maximum absolute atomic E-state index is 10.4. The lowest BCUT2D eigenvalue weighted by molar-refractivity contribution is -0.143. The molecule has 0 N–H and O–H groups in total. The van der Waals surface area contributed by atoms with Crippen molar-refractivity contribution in [2.24, 2.45) is 0 Å². The highest BCUT2D eigenvalue weighted by atomic mass is 79.9. The molecule has 0 aliphatic carbocycles. The van der Waals surface area contributed by atoms with Gasteiger partial charge in [0.25, 0.3) is 0 Å². The van der Waals surface area contributed by atoms with Gasteiger partial charge in [-0.25, -0.2) is 0 Å². The number of hydrogen-bond donors (Lipinski definition) is 0. The molecule has 92 valence electrons. The van der Waals surface area contributed by atoms with E-state index in [4.69, 9.17) is 0 Å². The number of esters is 1. The maximum atomic E-state index is 10.4. The molecule has 1 aromatic carbocycles. The third-order valence-electron chi connectivity index (χ3n) is 1.56. The SMILES string of the molecule is Br.CCCC(=O)OCC.Pc1ccccc1. The Kier molecular flexibility index (Phi) is 14.2. The van der Waals surface area contributed by atoms with E-state index >= 15 is 0 Å². The summed E-state index contributed by atoms with van der Waals surface area (Å²) in [6, 6.07) is 10.1. The van der Waals surface area contributed by atoms with E-state index in [1.807, 2.05) is 44.2 Å². The molecule has 0 bridgehead atoms. The summed E-state index contributed by atoms with van der Waals surface area (Å²) in [6.45, 7) is 4.27. The smallest absolute Gasteiger partial charge is 0.305 e. The van der Waals surface area contributed by atoms with E-state index in [1.165, 1.54) is 5.30 Å². The van der Waals surface area contributed by atoms with Crippen molar-refractivity contribution in [1.82, 2.24) is 0 Å². The number of rotatable bonds is 3. The number of carbonyl (C=O) groups is 1. The van der Waals surface area contributed by atoms with Gasteiger partial charge in [0, 0.05) is 6.42 Å². The Balaban J connectivity index is 0. The van der Waals surface area contributed by atoms with Crippen LogP contribution >= 0.6 is 26.2 Å². The minimum Gasteiger partial charge on any atom is -0.466 e. The van der Waals surface area contributed by atoms with Crippen molar-refractivity contribution >= 4 is 37.5 Å². The van der Waals surface area contributed by atoms with Crippen molar-refractivity contribution < 1.29 is 9.53 Å². The second-order valence-electron chi connectivity index (χ2n) is 2.97. The minimum atomic E-state index is -0.0880. The molecule has 0 aliphatic rings. The highest BCUT2D eigenvalue weighted by Crippen LogP contribution is 1.89. The van der Waals surface area contributed by atoms with Gasteiger partial charge in [-0.1, -0.05) is 37.3 Å². The Morgan fingerprint density at radius 1 is 1.25 bits per heavy atom. The quantitative estimate of drug-likeness (QED) is 0.633. The second kappa shape index (κ2) is 12.7. The first-order valence-corrected chi connectivity index (χ1v) is 5.74. The van der Waals surface area contributed by atoms with Crippen LogP contribution in [0.2, 0.25) is 0 Å². The van der Waals surface area contributed by atoms with Crippen LogP contribution in [0.4, 0.5) is 0 Å². The molecular weight excluding hydrogens is 287 g/mol. The van der Waals surface area contributed by atoms with Gasteiger partial charge >= 0.3 is 5.97 Å². The van der Waals surface area contributed by atoms with Crippen LogP contribution in [0, 0.1) is 0 Å². The van der Waals surface area contributed by atoms with E-state index in [2.05, 4.69) is 14.0 Å². The fourth-order valence-corrected chi connectivity index (χ4v) is 1.11. The molecule has 0 aliphatic heterocycles. The summed E-state index contributed by atoms with van der Waals surface area (Å²) in [6.07, 6.45) is 1.42. The summed E-state index contributed by atoms with van der Waals surface area (Å²) in [5.41, 5.74) is 0. The van der Waals surface area contributed by atoms with Crippen molar-refractivity contribution in [3.8, 4) is 0 Å². The van der Waals surface area contributed by atoms with Gasteiger partial charge in [0.1, 0.15) is 0 Å². The van der Waals surface area contributed by atoms with Crippen LogP contribution < -0.4 is 5.30 Å². The summed E-state index contributed by atoms with van der Waals surface area (Å²) in [5.74, 6) is -0.0880. The largest absolute Gasteiger partial charge is 0.466 e. The Labute approximate surface area is 111 Å². The number of carbonyl (C=O) groups excluding carboxylic acids is 1. The van der Waals surface area contributed by atoms with Gasteiger partial charge in [-0.05, 0) is 18.6 Å². The van der Waals surface area contributed by atoms with E-state index in [-0.39, 0.29) is 23.0 Å². The fourth-order valence-electron chi connectivity index (χ4n) is 0.890. The fraction of sp³-hybridized carbons (Fsp3) is 0.417. The molecule has 0 saturated carbocycles. The van der Waals surface area contributed by atoms with Crippen molar-refractivity contribution in [3.05, 3.63) is 30.3 Å². The number of halogens is 1. The molecular formula is C12H20BrO2P. The van der Waals surface area contributed by atoms with Crippen LogP contribution in [0.1, 0.15) is 26.7 Å². The summed E-state index contributed by atoms with van der Waals surface area (Å²) in [7, 11) is 2.63. The van der Waals surface area contributed by atoms with Gasteiger partial charge < -0.3 is 4.74 Å². The van der Waals surface area contributed by atoms with Crippen LogP contribution in [0.5, 0.6) is 0 Å². The highest BCUT2D eigenvalue weighted by Gasteiger charge is 1.95. The van der Waals surface area contributed by atoms with Crippen LogP contribution in [0.3, 0.4) is 0 Å². The molecule has 0 heterocycles. The van der Waals surface area contributed by atoms with Crippen LogP contribution in [0.15, 0.2) is 30.3 Å². The van der Waals surface area contributed by atoms with Gasteiger partial charge in [0.05, 0.1) is 6.61 Å². The topological polar surface area (TPSA) is 26.3 Å². The predicted octanol–water partition coefficient (Wildman–Crippen LogP) is 3.11. The number of benzene rings is 1. The third kappa shape index (κ3) is 11.7. The lowest BCUT2D eigenvalue weighted by Crippen LogP contribution is -2.01. The lowest BCUT2D eigenvalue weighted by Gasteiger charge is -1.96. The van der Waals surface area contributed by atoms with Crippen LogP contribution in [-0.2, 0) is 9.53 Å². The van der Waals surface area contributed by atoms with Crippen LogP contribution in [-0.4, -0.2) is 12.6 Å². The summed E-state index contributed by atoms with van der Waals surface area (Å²) in [4.78, 5) is 10.4. The molecule has 0 spiro atoms. The molecule has 4 heteroatoms. The van der Waals surface area contributed by atoms with E-state index in [1.54, 1.807) is 0 Å². The molecule has 0 amide bonds. The van der Waals surface area contributed by atoms with E-state index in [9.17, 15) is 4.79 Å². The van der Waals surface area contributed by atoms with Gasteiger partial charge in [-0.15, -0.1) is 26.2 Å². The van der Waals surface area contributed by atoms with Gasteiger partial charge in [-0.3, -0.25) is 4.79 Å². The minimum absolute atomic E-state index is 0. The Morgan fingerprint density at radius 3 is 2.12 bits per heavy atom. The molecule has 0 saturated heterocycles. The normalized spacial score (nSPS) is 8.19. The molecule has 0 radical (unpaired) electrons. The molecule has 2 nitrogen and oxygen atoms in total. The van der Waals surface area contributed by atoms with E-state index < -0.39 is 0 Å². The average Bonchev–Trinajstić information content (AvgIpc) is 2.20. The van der Waals surface area contributed by atoms with Crippen molar-refractivity contribution in [2.75, 3.05) is 6.61 Å². The molecule has 1 atom stereocenters. The number of ether oxygens (including phenoxy) is 1. The van der Waals surface area contributed by atoms with Crippen molar-refractivity contribution in [2.45, 2.75) is 26.7 Å². The van der Waals surface area contributed by atoms with Gasteiger partial charge in [-0.2, -0.15) is 0 Å². The summed E-state index contributed by atoms with van der Waals surface area (Å²) in [5, 5.41) is 1.24. The monoisotopic (exact) mass is 306 g/mol. The molecule has 16 heavy (non-hydrogen) atoms. The Hall–Kier alpha value is -0.400. The third-order valence-corrected chi connectivity index (χ3v) is 1.94. The first-order chi connectivity index (χ1) is 7.20. The zero-order valence-corrected chi connectivity index (χ0v) is 12.7. The molecule has 1 aromatic rings. The second-order valence-corrected chi connectivity index (χ2v) is 3.63. The van der Waals surface area contributed by atoms with Crippen molar-refractivity contribution in [3.63, 3.8) is 0 Å². The Morgan fingerprint density at radius 2 is 1.81 bits per heavy atom. The van der Waals surface area contributed by atoms with Crippen LogP contribution in [0.25, 0.3) is 0 Å². The number of hydrogen-bond acceptors (Lipinski definition) is 2. The molecule has 0 fully saturated rings. The molecule has 1 unspecified atom stereocenters. The van der Waals surface area contributed by atoms with E-state index in [0.29, 0.717) is 13.0 Å². The Bertz CT molecular complexity index is 257. The highest BCUT2D eigenvalue weighted by molar-refractivity contribution is 8.93. The first kappa shape index (κ1) is 18.0. The summed E-state index contributed by atoms with van der Waals surface area (Å²) < 4.78 is 4.64. The summed E-state index contributed by atoms with van der Waals surface area (Å²) >= 11 is 0. The maximum Gasteiger partial charge on any atom is 0.305 e.